The van der Waals surface area contributed by atoms with E-state index in [0.717, 1.165) is 24.2 Å². The number of amides is 1. The molecule has 2 aromatic rings. The molecule has 3 rings (SSSR count). The molecule has 0 spiro atoms. The summed E-state index contributed by atoms with van der Waals surface area (Å²) in [6, 6.07) is 12.0. The molecule has 0 radical (unpaired) electrons. The van der Waals surface area contributed by atoms with Crippen molar-refractivity contribution >= 4 is 35.2 Å². The molecule has 1 saturated heterocycles. The second kappa shape index (κ2) is 9.16. The first-order valence-electron chi connectivity index (χ1n) is 8.85. The third-order valence-corrected chi connectivity index (χ3v) is 5.35. The maximum Gasteiger partial charge on any atom is 0.246 e. The molecule has 2 aromatic carbocycles. The van der Waals surface area contributed by atoms with Crippen LogP contribution in [0.3, 0.4) is 0 Å². The smallest absolute Gasteiger partial charge is 0.246 e. The van der Waals surface area contributed by atoms with Crippen LogP contribution in [0.25, 0.3) is 6.08 Å². The SMILES string of the molecule is O=C(/C=C/c1ccc(Cl)c(Cl)c1)N1CCC(COc2ccc(O)cc2)CC1. The first-order valence-corrected chi connectivity index (χ1v) is 9.61. The number of piperidine rings is 1. The van der Waals surface area contributed by atoms with Gasteiger partial charge >= 0.3 is 0 Å². The van der Waals surface area contributed by atoms with Crippen molar-refractivity contribution in [2.75, 3.05) is 19.7 Å². The van der Waals surface area contributed by atoms with E-state index in [1.807, 2.05) is 11.0 Å². The third-order valence-electron chi connectivity index (χ3n) is 4.61. The Balaban J connectivity index is 1.45. The number of phenols is 1. The number of halogens is 2. The highest BCUT2D eigenvalue weighted by molar-refractivity contribution is 6.42. The minimum absolute atomic E-state index is 0.000949. The van der Waals surface area contributed by atoms with E-state index in [1.165, 1.54) is 0 Å². The van der Waals surface area contributed by atoms with E-state index in [2.05, 4.69) is 0 Å². The molecule has 1 aliphatic rings. The summed E-state index contributed by atoms with van der Waals surface area (Å²) in [7, 11) is 0. The van der Waals surface area contributed by atoms with Gasteiger partial charge in [-0.1, -0.05) is 29.3 Å². The van der Waals surface area contributed by atoms with E-state index < -0.39 is 0 Å². The molecule has 1 fully saturated rings. The Bertz CT molecular complexity index is 813. The highest BCUT2D eigenvalue weighted by Gasteiger charge is 2.22. The number of benzene rings is 2. The van der Waals surface area contributed by atoms with Gasteiger partial charge in [0.2, 0.25) is 5.91 Å². The van der Waals surface area contributed by atoms with Gasteiger partial charge in [-0.15, -0.1) is 0 Å². The Morgan fingerprint density at radius 1 is 1.11 bits per heavy atom. The minimum atomic E-state index is -0.000949. The molecule has 27 heavy (non-hydrogen) atoms. The standard InChI is InChI=1S/C21H21Cl2NO3/c22-19-7-1-15(13-20(19)23)2-8-21(26)24-11-9-16(10-12-24)14-27-18-5-3-17(25)4-6-18/h1-8,13,16,25H,9-12,14H2/b8-2+. The van der Waals surface area contributed by atoms with Gasteiger partial charge in [-0.2, -0.15) is 0 Å². The average molecular weight is 406 g/mol. The molecule has 0 atom stereocenters. The summed E-state index contributed by atoms with van der Waals surface area (Å²) in [6.07, 6.45) is 5.15. The Morgan fingerprint density at radius 3 is 2.48 bits per heavy atom. The summed E-state index contributed by atoms with van der Waals surface area (Å²) in [4.78, 5) is 14.2. The molecule has 0 unspecified atom stereocenters. The van der Waals surface area contributed by atoms with Crippen molar-refractivity contribution in [3.05, 3.63) is 64.1 Å². The molecular formula is C21H21Cl2NO3. The van der Waals surface area contributed by atoms with Gasteiger partial charge in [-0.3, -0.25) is 4.79 Å². The quantitative estimate of drug-likeness (QED) is 0.709. The summed E-state index contributed by atoms with van der Waals surface area (Å²) in [5.74, 6) is 1.39. The summed E-state index contributed by atoms with van der Waals surface area (Å²) < 4.78 is 5.77. The predicted molar refractivity (Wildman–Crippen MR) is 108 cm³/mol. The van der Waals surface area contributed by atoms with Gasteiger partial charge in [0.25, 0.3) is 0 Å². The topological polar surface area (TPSA) is 49.8 Å². The molecule has 1 heterocycles. The van der Waals surface area contributed by atoms with Crippen molar-refractivity contribution in [2.45, 2.75) is 12.8 Å². The van der Waals surface area contributed by atoms with Crippen LogP contribution in [0.4, 0.5) is 0 Å². The van der Waals surface area contributed by atoms with Gasteiger partial charge in [0.1, 0.15) is 11.5 Å². The summed E-state index contributed by atoms with van der Waals surface area (Å²) in [5, 5.41) is 10.3. The lowest BCUT2D eigenvalue weighted by molar-refractivity contribution is -0.127. The van der Waals surface area contributed by atoms with E-state index in [-0.39, 0.29) is 11.7 Å². The van der Waals surface area contributed by atoms with Crippen molar-refractivity contribution in [2.24, 2.45) is 5.92 Å². The fraction of sp³-hybridized carbons (Fsp3) is 0.286. The maximum atomic E-state index is 12.4. The fourth-order valence-corrected chi connectivity index (χ4v) is 3.27. The number of carbonyl (C=O) groups is 1. The summed E-state index contributed by atoms with van der Waals surface area (Å²) in [5.41, 5.74) is 0.843. The molecular weight excluding hydrogens is 385 g/mol. The molecule has 1 N–H and O–H groups in total. The number of carbonyl (C=O) groups excluding carboxylic acids is 1. The number of rotatable bonds is 5. The zero-order valence-electron chi connectivity index (χ0n) is 14.8. The lowest BCUT2D eigenvalue weighted by atomic mass is 9.97. The van der Waals surface area contributed by atoms with Crippen molar-refractivity contribution in [3.63, 3.8) is 0 Å². The molecule has 0 aromatic heterocycles. The average Bonchev–Trinajstić information content (AvgIpc) is 2.68. The maximum absolute atomic E-state index is 12.4. The number of nitrogens with zero attached hydrogens (tertiary/aromatic N) is 1. The lowest BCUT2D eigenvalue weighted by Crippen LogP contribution is -2.38. The molecule has 0 aliphatic carbocycles. The van der Waals surface area contributed by atoms with Crippen LogP contribution < -0.4 is 4.74 Å². The highest BCUT2D eigenvalue weighted by Crippen LogP contribution is 2.24. The minimum Gasteiger partial charge on any atom is -0.508 e. The van der Waals surface area contributed by atoms with Gasteiger partial charge in [0.15, 0.2) is 0 Å². The molecule has 0 bridgehead atoms. The van der Waals surface area contributed by atoms with Gasteiger partial charge in [0.05, 0.1) is 16.7 Å². The summed E-state index contributed by atoms with van der Waals surface area (Å²) >= 11 is 11.9. The Kier molecular flexibility index (Phi) is 6.64. The van der Waals surface area contributed by atoms with Crippen LogP contribution in [-0.2, 0) is 4.79 Å². The van der Waals surface area contributed by atoms with Crippen molar-refractivity contribution in [3.8, 4) is 11.5 Å². The molecule has 1 amide bonds. The van der Waals surface area contributed by atoms with E-state index >= 15 is 0 Å². The number of likely N-dealkylation sites (tertiary alicyclic amines) is 1. The van der Waals surface area contributed by atoms with Crippen LogP contribution >= 0.6 is 23.2 Å². The number of hydrogen-bond donors (Lipinski definition) is 1. The van der Waals surface area contributed by atoms with Gasteiger partial charge in [-0.05, 0) is 66.8 Å². The third kappa shape index (κ3) is 5.65. The number of aromatic hydroxyl groups is 1. The van der Waals surface area contributed by atoms with Gasteiger partial charge in [0, 0.05) is 19.2 Å². The lowest BCUT2D eigenvalue weighted by Gasteiger charge is -2.31. The largest absolute Gasteiger partial charge is 0.508 e. The number of ether oxygens (including phenoxy) is 1. The molecule has 6 heteroatoms. The van der Waals surface area contributed by atoms with Crippen LogP contribution in [0.2, 0.25) is 10.0 Å². The zero-order chi connectivity index (χ0) is 19.2. The summed E-state index contributed by atoms with van der Waals surface area (Å²) in [6.45, 7) is 2.05. The van der Waals surface area contributed by atoms with Crippen molar-refractivity contribution < 1.29 is 14.6 Å². The molecule has 1 aliphatic heterocycles. The van der Waals surface area contributed by atoms with E-state index in [4.69, 9.17) is 27.9 Å². The second-order valence-corrected chi connectivity index (χ2v) is 7.39. The monoisotopic (exact) mass is 405 g/mol. The normalized spacial score (nSPS) is 15.3. The van der Waals surface area contributed by atoms with E-state index in [1.54, 1.807) is 48.6 Å². The Labute approximate surface area is 169 Å². The van der Waals surface area contributed by atoms with E-state index in [9.17, 15) is 9.90 Å². The first kappa shape index (κ1) is 19.6. The number of hydrogen-bond acceptors (Lipinski definition) is 3. The van der Waals surface area contributed by atoms with Crippen LogP contribution in [-0.4, -0.2) is 35.6 Å². The van der Waals surface area contributed by atoms with E-state index in [0.29, 0.717) is 35.7 Å². The van der Waals surface area contributed by atoms with Crippen molar-refractivity contribution in [1.82, 2.24) is 4.90 Å². The van der Waals surface area contributed by atoms with Crippen LogP contribution in [0.1, 0.15) is 18.4 Å². The van der Waals surface area contributed by atoms with Crippen LogP contribution in [0.15, 0.2) is 48.5 Å². The second-order valence-electron chi connectivity index (χ2n) is 6.58. The fourth-order valence-electron chi connectivity index (χ4n) is 2.97. The Hall–Kier alpha value is -2.17. The number of phenolic OH excluding ortho intramolecular Hbond substituents is 1. The molecule has 0 saturated carbocycles. The molecule has 142 valence electrons. The van der Waals surface area contributed by atoms with Crippen molar-refractivity contribution in [1.29, 1.82) is 0 Å². The zero-order valence-corrected chi connectivity index (χ0v) is 16.3. The Morgan fingerprint density at radius 2 is 1.81 bits per heavy atom. The van der Waals surface area contributed by atoms with Gasteiger partial charge in [-0.25, -0.2) is 0 Å². The van der Waals surface area contributed by atoms with Crippen LogP contribution in [0, 0.1) is 5.92 Å². The first-order chi connectivity index (χ1) is 13.0. The highest BCUT2D eigenvalue weighted by atomic mass is 35.5. The van der Waals surface area contributed by atoms with Crippen LogP contribution in [0.5, 0.6) is 11.5 Å². The molecule has 4 nitrogen and oxygen atoms in total. The van der Waals surface area contributed by atoms with Gasteiger partial charge < -0.3 is 14.7 Å². The predicted octanol–water partition coefficient (Wildman–Crippen LogP) is 5.03.